The lowest BCUT2D eigenvalue weighted by Gasteiger charge is -2.07. The van der Waals surface area contributed by atoms with Gasteiger partial charge in [0.25, 0.3) is 0 Å². The molecule has 0 radical (unpaired) electrons. The molecular formula is C16H27NO. The average Bonchev–Trinajstić information content (AvgIpc) is 2.37. The number of aryl methyl sites for hydroxylation is 1. The molecule has 0 aliphatic carbocycles. The van der Waals surface area contributed by atoms with E-state index in [-0.39, 0.29) is 0 Å². The zero-order valence-electron chi connectivity index (χ0n) is 11.9. The second-order valence-electron chi connectivity index (χ2n) is 4.83. The smallest absolute Gasteiger partial charge is 0.119 e. The van der Waals surface area contributed by atoms with E-state index >= 15 is 0 Å². The molecule has 0 atom stereocenters. The quantitative estimate of drug-likeness (QED) is 0.634. The van der Waals surface area contributed by atoms with E-state index < -0.39 is 0 Å². The van der Waals surface area contributed by atoms with Crippen molar-refractivity contribution in [3.8, 4) is 5.75 Å². The van der Waals surface area contributed by atoms with E-state index in [1.54, 1.807) is 0 Å². The molecule has 0 aliphatic rings. The zero-order valence-corrected chi connectivity index (χ0v) is 11.9. The number of hydrogen-bond donors (Lipinski definition) is 1. The Labute approximate surface area is 112 Å². The summed E-state index contributed by atoms with van der Waals surface area (Å²) in [6.07, 6.45) is 6.23. The second kappa shape index (κ2) is 9.95. The number of ether oxygens (including phenoxy) is 1. The second-order valence-corrected chi connectivity index (χ2v) is 4.83. The van der Waals surface area contributed by atoms with Gasteiger partial charge >= 0.3 is 0 Å². The van der Waals surface area contributed by atoms with Gasteiger partial charge in [-0.25, -0.2) is 0 Å². The third kappa shape index (κ3) is 7.33. The van der Waals surface area contributed by atoms with Crippen LogP contribution in [0.5, 0.6) is 5.75 Å². The maximum absolute atomic E-state index is 5.72. The van der Waals surface area contributed by atoms with E-state index in [1.165, 1.54) is 31.2 Å². The highest BCUT2D eigenvalue weighted by molar-refractivity contribution is 5.27. The lowest BCUT2D eigenvalue weighted by Crippen LogP contribution is -2.15. The van der Waals surface area contributed by atoms with Crippen LogP contribution >= 0.6 is 0 Å². The predicted molar refractivity (Wildman–Crippen MR) is 78.3 cm³/mol. The number of nitrogens with one attached hydrogen (secondary N) is 1. The molecule has 0 heterocycles. The standard InChI is InChI=1S/C16H27NO/c1-3-11-17-12-6-4-5-7-13-18-16-10-8-9-15(2)14-16/h8-10,14,17H,3-7,11-13H2,1-2H3. The van der Waals surface area contributed by atoms with Crippen LogP contribution < -0.4 is 10.1 Å². The fourth-order valence-corrected chi connectivity index (χ4v) is 1.90. The maximum Gasteiger partial charge on any atom is 0.119 e. The van der Waals surface area contributed by atoms with Crippen molar-refractivity contribution in [3.05, 3.63) is 29.8 Å². The number of unbranched alkanes of at least 4 members (excludes halogenated alkanes) is 3. The molecule has 0 bridgehead atoms. The minimum Gasteiger partial charge on any atom is -0.494 e. The average molecular weight is 249 g/mol. The molecule has 0 unspecified atom stereocenters. The van der Waals surface area contributed by atoms with Gasteiger partial charge < -0.3 is 10.1 Å². The van der Waals surface area contributed by atoms with E-state index in [9.17, 15) is 0 Å². The van der Waals surface area contributed by atoms with Crippen molar-refractivity contribution in [3.63, 3.8) is 0 Å². The molecule has 0 amide bonds. The summed E-state index contributed by atoms with van der Waals surface area (Å²) in [5, 5.41) is 3.43. The summed E-state index contributed by atoms with van der Waals surface area (Å²) >= 11 is 0. The highest BCUT2D eigenvalue weighted by Gasteiger charge is 1.94. The summed E-state index contributed by atoms with van der Waals surface area (Å²) in [4.78, 5) is 0. The summed E-state index contributed by atoms with van der Waals surface area (Å²) in [6.45, 7) is 7.45. The fourth-order valence-electron chi connectivity index (χ4n) is 1.90. The number of hydrogen-bond acceptors (Lipinski definition) is 2. The monoisotopic (exact) mass is 249 g/mol. The van der Waals surface area contributed by atoms with E-state index in [2.05, 4.69) is 31.3 Å². The van der Waals surface area contributed by atoms with Gasteiger partial charge in [-0.2, -0.15) is 0 Å². The first-order chi connectivity index (χ1) is 8.83. The Morgan fingerprint density at radius 1 is 1.06 bits per heavy atom. The molecule has 0 fully saturated rings. The van der Waals surface area contributed by atoms with Crippen LogP contribution in [-0.2, 0) is 0 Å². The van der Waals surface area contributed by atoms with E-state index in [4.69, 9.17) is 4.74 Å². The Balaban J connectivity index is 1.92. The van der Waals surface area contributed by atoms with Crippen LogP contribution in [0.1, 0.15) is 44.6 Å². The molecule has 1 aromatic carbocycles. The van der Waals surface area contributed by atoms with Gasteiger partial charge in [0.05, 0.1) is 6.61 Å². The van der Waals surface area contributed by atoms with Crippen LogP contribution in [0.2, 0.25) is 0 Å². The highest BCUT2D eigenvalue weighted by atomic mass is 16.5. The van der Waals surface area contributed by atoms with E-state index in [0.29, 0.717) is 0 Å². The molecule has 0 saturated heterocycles. The van der Waals surface area contributed by atoms with Gasteiger partial charge in [-0.3, -0.25) is 0 Å². The van der Waals surface area contributed by atoms with Gasteiger partial charge in [-0.05, 0) is 57.0 Å². The lowest BCUT2D eigenvalue weighted by atomic mass is 10.2. The molecule has 2 nitrogen and oxygen atoms in total. The van der Waals surface area contributed by atoms with Crippen LogP contribution in [0.3, 0.4) is 0 Å². The Kier molecular flexibility index (Phi) is 8.32. The van der Waals surface area contributed by atoms with Gasteiger partial charge in [0.15, 0.2) is 0 Å². The fraction of sp³-hybridized carbons (Fsp3) is 0.625. The van der Waals surface area contributed by atoms with Crippen LogP contribution in [0.4, 0.5) is 0 Å². The zero-order chi connectivity index (χ0) is 13.1. The first-order valence-electron chi connectivity index (χ1n) is 7.23. The minimum absolute atomic E-state index is 0.839. The predicted octanol–water partition coefficient (Wildman–Crippen LogP) is 3.93. The van der Waals surface area contributed by atoms with Gasteiger partial charge in [0, 0.05) is 0 Å². The van der Waals surface area contributed by atoms with Crippen molar-refractivity contribution in [2.24, 2.45) is 0 Å². The Morgan fingerprint density at radius 3 is 2.67 bits per heavy atom. The largest absolute Gasteiger partial charge is 0.494 e. The summed E-state index contributed by atoms with van der Waals surface area (Å²) in [7, 11) is 0. The maximum atomic E-state index is 5.72. The lowest BCUT2D eigenvalue weighted by molar-refractivity contribution is 0.304. The summed E-state index contributed by atoms with van der Waals surface area (Å²) < 4.78 is 5.72. The van der Waals surface area contributed by atoms with Gasteiger partial charge in [0.1, 0.15) is 5.75 Å². The van der Waals surface area contributed by atoms with Gasteiger partial charge in [-0.1, -0.05) is 31.9 Å². The number of rotatable bonds is 10. The van der Waals surface area contributed by atoms with Crippen molar-refractivity contribution in [2.75, 3.05) is 19.7 Å². The molecule has 0 saturated carbocycles. The highest BCUT2D eigenvalue weighted by Crippen LogP contribution is 2.13. The first-order valence-corrected chi connectivity index (χ1v) is 7.23. The third-order valence-corrected chi connectivity index (χ3v) is 2.93. The third-order valence-electron chi connectivity index (χ3n) is 2.93. The summed E-state index contributed by atoms with van der Waals surface area (Å²) in [5.74, 6) is 1.000. The molecule has 1 rings (SSSR count). The van der Waals surface area contributed by atoms with E-state index in [1.807, 2.05) is 12.1 Å². The van der Waals surface area contributed by atoms with Crippen molar-refractivity contribution < 1.29 is 4.74 Å². The number of benzene rings is 1. The molecule has 0 aliphatic heterocycles. The molecule has 18 heavy (non-hydrogen) atoms. The van der Waals surface area contributed by atoms with Crippen LogP contribution in [0, 0.1) is 6.92 Å². The van der Waals surface area contributed by atoms with Gasteiger partial charge in [-0.15, -0.1) is 0 Å². The van der Waals surface area contributed by atoms with Crippen molar-refractivity contribution in [1.29, 1.82) is 0 Å². The van der Waals surface area contributed by atoms with Crippen molar-refractivity contribution in [2.45, 2.75) is 46.0 Å². The summed E-state index contributed by atoms with van der Waals surface area (Å²) in [5.41, 5.74) is 1.26. The normalized spacial score (nSPS) is 10.6. The molecule has 0 aromatic heterocycles. The van der Waals surface area contributed by atoms with Crippen LogP contribution in [0.15, 0.2) is 24.3 Å². The Bertz CT molecular complexity index is 312. The minimum atomic E-state index is 0.839. The molecule has 1 aromatic rings. The summed E-state index contributed by atoms with van der Waals surface area (Å²) in [6, 6.07) is 8.26. The Hall–Kier alpha value is -1.02. The van der Waals surface area contributed by atoms with E-state index in [0.717, 1.165) is 31.9 Å². The van der Waals surface area contributed by atoms with Crippen LogP contribution in [-0.4, -0.2) is 19.7 Å². The van der Waals surface area contributed by atoms with Crippen molar-refractivity contribution >= 4 is 0 Å². The molecular weight excluding hydrogens is 222 g/mol. The molecule has 0 spiro atoms. The molecule has 2 heteroatoms. The topological polar surface area (TPSA) is 21.3 Å². The van der Waals surface area contributed by atoms with Crippen molar-refractivity contribution in [1.82, 2.24) is 5.32 Å². The van der Waals surface area contributed by atoms with Crippen LogP contribution in [0.25, 0.3) is 0 Å². The molecule has 102 valence electrons. The SMILES string of the molecule is CCCNCCCCCCOc1cccc(C)c1. The molecule has 1 N–H and O–H groups in total. The first kappa shape index (κ1) is 15.0. The Morgan fingerprint density at radius 2 is 1.89 bits per heavy atom. The van der Waals surface area contributed by atoms with Gasteiger partial charge in [0.2, 0.25) is 0 Å².